The summed E-state index contributed by atoms with van der Waals surface area (Å²) in [4.78, 5) is 30.5. The molecule has 0 radical (unpaired) electrons. The summed E-state index contributed by atoms with van der Waals surface area (Å²) in [7, 11) is -4.16. The molecular formula is C38H42BrN3O4S. The summed E-state index contributed by atoms with van der Waals surface area (Å²) < 4.78 is 30.7. The predicted molar refractivity (Wildman–Crippen MR) is 191 cm³/mol. The number of benzene rings is 4. The Morgan fingerprint density at radius 2 is 1.43 bits per heavy atom. The third kappa shape index (κ3) is 8.90. The Morgan fingerprint density at radius 3 is 2.04 bits per heavy atom. The number of nitrogens with zero attached hydrogens (tertiary/aromatic N) is 2. The van der Waals surface area contributed by atoms with Gasteiger partial charge >= 0.3 is 0 Å². The van der Waals surface area contributed by atoms with Gasteiger partial charge in [0.25, 0.3) is 10.0 Å². The van der Waals surface area contributed by atoms with E-state index in [4.69, 9.17) is 0 Å². The third-order valence-corrected chi connectivity index (χ3v) is 10.9. The summed E-state index contributed by atoms with van der Waals surface area (Å²) in [6, 6.07) is 28.6. The Kier molecular flexibility index (Phi) is 11.2. The van der Waals surface area contributed by atoms with Crippen molar-refractivity contribution in [2.75, 3.05) is 10.8 Å². The van der Waals surface area contributed by atoms with Crippen molar-refractivity contribution >= 4 is 43.5 Å². The zero-order chi connectivity index (χ0) is 33.6. The SMILES string of the molecule is Cc1ccc(S(=O)(=O)N(CC(=O)N(Cc2ccc(Br)cc2)[C@H](Cc2ccccc2)C(=O)NC2CCCC2)c2cc(C)cc(C)c2)cc1. The molecule has 246 valence electrons. The first kappa shape index (κ1) is 34.4. The van der Waals surface area contributed by atoms with Crippen LogP contribution in [0.4, 0.5) is 5.69 Å². The molecule has 1 N–H and O–H groups in total. The Morgan fingerprint density at radius 1 is 0.809 bits per heavy atom. The van der Waals surface area contributed by atoms with Crippen LogP contribution in [0.3, 0.4) is 0 Å². The van der Waals surface area contributed by atoms with Crippen LogP contribution in [0.1, 0.15) is 53.5 Å². The highest BCUT2D eigenvalue weighted by molar-refractivity contribution is 9.10. The van der Waals surface area contributed by atoms with Crippen LogP contribution in [0.25, 0.3) is 0 Å². The second kappa shape index (κ2) is 15.3. The Bertz CT molecular complexity index is 1770. The van der Waals surface area contributed by atoms with Crippen LogP contribution >= 0.6 is 15.9 Å². The van der Waals surface area contributed by atoms with Crippen molar-refractivity contribution in [3.8, 4) is 0 Å². The minimum atomic E-state index is -4.16. The first-order valence-corrected chi connectivity index (χ1v) is 18.3. The summed E-state index contributed by atoms with van der Waals surface area (Å²) in [5, 5.41) is 3.22. The fraction of sp³-hybridized carbons (Fsp3) is 0.316. The van der Waals surface area contributed by atoms with E-state index in [2.05, 4.69) is 21.2 Å². The molecule has 7 nitrogen and oxygen atoms in total. The predicted octanol–water partition coefficient (Wildman–Crippen LogP) is 7.27. The van der Waals surface area contributed by atoms with Gasteiger partial charge in [-0.3, -0.25) is 13.9 Å². The average Bonchev–Trinajstić information content (AvgIpc) is 3.55. The zero-order valence-corrected chi connectivity index (χ0v) is 29.6. The molecule has 0 unspecified atom stereocenters. The van der Waals surface area contributed by atoms with E-state index in [0.29, 0.717) is 5.69 Å². The van der Waals surface area contributed by atoms with Crippen molar-refractivity contribution < 1.29 is 18.0 Å². The van der Waals surface area contributed by atoms with Gasteiger partial charge in [0, 0.05) is 23.5 Å². The highest BCUT2D eigenvalue weighted by Crippen LogP contribution is 2.28. The number of aryl methyl sites for hydroxylation is 3. The molecular weight excluding hydrogens is 674 g/mol. The average molecular weight is 717 g/mol. The van der Waals surface area contributed by atoms with E-state index < -0.39 is 28.5 Å². The van der Waals surface area contributed by atoms with Gasteiger partial charge in [-0.15, -0.1) is 0 Å². The monoisotopic (exact) mass is 715 g/mol. The van der Waals surface area contributed by atoms with E-state index in [1.165, 1.54) is 4.31 Å². The van der Waals surface area contributed by atoms with Crippen LogP contribution < -0.4 is 9.62 Å². The fourth-order valence-corrected chi connectivity index (χ4v) is 7.83. The van der Waals surface area contributed by atoms with Gasteiger partial charge in [-0.2, -0.15) is 0 Å². The largest absolute Gasteiger partial charge is 0.352 e. The molecule has 4 aromatic carbocycles. The van der Waals surface area contributed by atoms with Gasteiger partial charge in [0.05, 0.1) is 10.6 Å². The van der Waals surface area contributed by atoms with Crippen LogP contribution in [0, 0.1) is 20.8 Å². The number of hydrogen-bond donors (Lipinski definition) is 1. The number of amides is 2. The standard InChI is InChI=1S/C38H42BrN3O4S/c1-27-13-19-35(20-14-27)47(45,46)42(34-22-28(2)21-29(3)23-34)26-37(43)41(25-31-15-17-32(39)18-16-31)36(24-30-9-5-4-6-10-30)38(44)40-33-11-7-8-12-33/h4-6,9-10,13-23,33,36H,7-8,11-12,24-26H2,1-3H3,(H,40,44)/t36-/m1/s1. The lowest BCUT2D eigenvalue weighted by atomic mass is 10.0. The Hall–Kier alpha value is -3.95. The number of carbonyl (C=O) groups excluding carboxylic acids is 2. The minimum absolute atomic E-state index is 0.0547. The van der Waals surface area contributed by atoms with Crippen LogP contribution in [0.2, 0.25) is 0 Å². The van der Waals surface area contributed by atoms with Gasteiger partial charge in [0.2, 0.25) is 11.8 Å². The topological polar surface area (TPSA) is 86.8 Å². The number of halogens is 1. The molecule has 9 heteroatoms. The van der Waals surface area contributed by atoms with Crippen LogP contribution in [-0.4, -0.2) is 43.8 Å². The number of nitrogens with one attached hydrogen (secondary N) is 1. The normalized spacial score (nSPS) is 14.0. The van der Waals surface area contributed by atoms with Crippen LogP contribution in [-0.2, 0) is 32.6 Å². The molecule has 1 fully saturated rings. The first-order valence-electron chi connectivity index (χ1n) is 16.1. The summed E-state index contributed by atoms with van der Waals surface area (Å²) in [6.07, 6.45) is 4.20. The molecule has 0 heterocycles. The second-order valence-electron chi connectivity index (χ2n) is 12.5. The number of hydrogen-bond acceptors (Lipinski definition) is 4. The van der Waals surface area contributed by atoms with Gasteiger partial charge in [-0.1, -0.05) is 95.0 Å². The molecule has 1 aliphatic rings. The van der Waals surface area contributed by atoms with Crippen molar-refractivity contribution in [2.24, 2.45) is 0 Å². The molecule has 1 aliphatic carbocycles. The van der Waals surface area contributed by atoms with E-state index >= 15 is 0 Å². The van der Waals surface area contributed by atoms with E-state index in [1.54, 1.807) is 41.3 Å². The highest BCUT2D eigenvalue weighted by Gasteiger charge is 2.35. The summed E-state index contributed by atoms with van der Waals surface area (Å²) >= 11 is 3.49. The lowest BCUT2D eigenvalue weighted by molar-refractivity contribution is -0.140. The van der Waals surface area contributed by atoms with Gasteiger partial charge < -0.3 is 10.2 Å². The summed E-state index contributed by atoms with van der Waals surface area (Å²) in [5.41, 5.74) is 4.81. The third-order valence-electron chi connectivity index (χ3n) is 8.62. The van der Waals surface area contributed by atoms with Crippen molar-refractivity contribution in [2.45, 2.75) is 76.4 Å². The van der Waals surface area contributed by atoms with Crippen LogP contribution in [0.5, 0.6) is 0 Å². The van der Waals surface area contributed by atoms with E-state index in [1.807, 2.05) is 81.4 Å². The molecule has 0 spiro atoms. The van der Waals surface area contributed by atoms with Crippen LogP contribution in [0.15, 0.2) is 106 Å². The van der Waals surface area contributed by atoms with Crippen molar-refractivity contribution in [3.05, 3.63) is 129 Å². The minimum Gasteiger partial charge on any atom is -0.352 e. The maximum absolute atomic E-state index is 14.7. The second-order valence-corrected chi connectivity index (χ2v) is 15.3. The first-order chi connectivity index (χ1) is 22.5. The lowest BCUT2D eigenvalue weighted by Crippen LogP contribution is -2.54. The van der Waals surface area contributed by atoms with E-state index in [9.17, 15) is 18.0 Å². The number of carbonyl (C=O) groups is 2. The van der Waals surface area contributed by atoms with E-state index in [0.717, 1.165) is 58.0 Å². The molecule has 4 aromatic rings. The zero-order valence-electron chi connectivity index (χ0n) is 27.2. The molecule has 0 aliphatic heterocycles. The van der Waals surface area contributed by atoms with Gasteiger partial charge in [-0.25, -0.2) is 8.42 Å². The van der Waals surface area contributed by atoms with Crippen molar-refractivity contribution in [1.82, 2.24) is 10.2 Å². The van der Waals surface area contributed by atoms with Gasteiger partial charge in [0.1, 0.15) is 12.6 Å². The summed E-state index contributed by atoms with van der Waals surface area (Å²) in [5.74, 6) is -0.698. The van der Waals surface area contributed by atoms with E-state index in [-0.39, 0.29) is 29.8 Å². The Balaban J connectivity index is 1.58. The maximum Gasteiger partial charge on any atom is 0.264 e. The molecule has 1 atom stereocenters. The quantitative estimate of drug-likeness (QED) is 0.167. The molecule has 0 bridgehead atoms. The summed E-state index contributed by atoms with van der Waals surface area (Å²) in [6.45, 7) is 5.35. The van der Waals surface area contributed by atoms with Crippen molar-refractivity contribution in [1.29, 1.82) is 0 Å². The number of anilines is 1. The fourth-order valence-electron chi connectivity index (χ4n) is 6.17. The van der Waals surface area contributed by atoms with Gasteiger partial charge in [-0.05, 0) is 92.3 Å². The molecule has 0 aromatic heterocycles. The Labute approximate surface area is 287 Å². The van der Waals surface area contributed by atoms with Crippen molar-refractivity contribution in [3.63, 3.8) is 0 Å². The smallest absolute Gasteiger partial charge is 0.264 e. The molecule has 1 saturated carbocycles. The molecule has 2 amide bonds. The number of sulfonamides is 1. The number of rotatable bonds is 12. The molecule has 47 heavy (non-hydrogen) atoms. The van der Waals surface area contributed by atoms with Gasteiger partial charge in [0.15, 0.2) is 0 Å². The lowest BCUT2D eigenvalue weighted by Gasteiger charge is -2.34. The maximum atomic E-state index is 14.7. The molecule has 0 saturated heterocycles. The molecule has 5 rings (SSSR count). The highest BCUT2D eigenvalue weighted by atomic mass is 79.9.